The lowest BCUT2D eigenvalue weighted by Gasteiger charge is -2.35. The van der Waals surface area contributed by atoms with Crippen molar-refractivity contribution < 1.29 is 9.53 Å². The molecule has 2 aliphatic rings. The van der Waals surface area contributed by atoms with E-state index in [-0.39, 0.29) is 11.8 Å². The van der Waals surface area contributed by atoms with Crippen LogP contribution in [0.2, 0.25) is 0 Å². The number of fused-ring (bicyclic) bond motifs is 1. The van der Waals surface area contributed by atoms with Crippen LogP contribution in [-0.4, -0.2) is 65.5 Å². The summed E-state index contributed by atoms with van der Waals surface area (Å²) >= 11 is 0. The quantitative estimate of drug-likeness (QED) is 0.675. The number of nitrogens with two attached hydrogens (primary N) is 1. The molecule has 9 heteroatoms. The van der Waals surface area contributed by atoms with Gasteiger partial charge in [-0.3, -0.25) is 14.9 Å². The third kappa shape index (κ3) is 3.45. The summed E-state index contributed by atoms with van der Waals surface area (Å²) in [5.41, 5.74) is 9.11. The summed E-state index contributed by atoms with van der Waals surface area (Å²) < 4.78 is 5.52. The van der Waals surface area contributed by atoms with Crippen LogP contribution in [0.3, 0.4) is 0 Å². The second kappa shape index (κ2) is 7.91. The zero-order valence-corrected chi connectivity index (χ0v) is 16.8. The fraction of sp³-hybridized carbons (Fsp3) is 0.429. The Morgan fingerprint density at radius 1 is 1.17 bits per heavy atom. The van der Waals surface area contributed by atoms with Crippen molar-refractivity contribution in [1.82, 2.24) is 20.2 Å². The summed E-state index contributed by atoms with van der Waals surface area (Å²) in [4.78, 5) is 26.0. The van der Waals surface area contributed by atoms with Gasteiger partial charge in [-0.2, -0.15) is 5.10 Å². The molecule has 3 N–H and O–H groups in total. The molecular weight excluding hydrogens is 382 g/mol. The van der Waals surface area contributed by atoms with E-state index in [9.17, 15) is 4.79 Å². The molecule has 30 heavy (non-hydrogen) atoms. The van der Waals surface area contributed by atoms with E-state index in [1.54, 1.807) is 12.4 Å². The number of morpholine rings is 1. The molecule has 1 amide bonds. The Bertz CT molecular complexity index is 1050. The summed E-state index contributed by atoms with van der Waals surface area (Å²) in [6.07, 6.45) is 5.28. The van der Waals surface area contributed by atoms with Crippen molar-refractivity contribution in [2.45, 2.75) is 12.8 Å². The molecule has 2 aliphatic heterocycles. The molecule has 1 atom stereocenters. The molecule has 2 saturated heterocycles. The van der Waals surface area contributed by atoms with Crippen LogP contribution < -0.4 is 15.5 Å². The largest absolute Gasteiger partial charge is 0.378 e. The summed E-state index contributed by atoms with van der Waals surface area (Å²) in [5, 5.41) is 8.09. The van der Waals surface area contributed by atoms with Gasteiger partial charge in [0.1, 0.15) is 17.0 Å². The number of rotatable bonds is 4. The normalized spacial score (nSPS) is 19.9. The van der Waals surface area contributed by atoms with E-state index in [0.29, 0.717) is 19.8 Å². The molecule has 2 fully saturated rings. The number of carbonyl (C=O) groups excluding carboxylic acids is 1. The second-order valence-electron chi connectivity index (χ2n) is 7.81. The number of pyridine rings is 2. The number of amides is 1. The first-order valence-corrected chi connectivity index (χ1v) is 10.4. The van der Waals surface area contributed by atoms with Crippen molar-refractivity contribution in [3.05, 3.63) is 30.6 Å². The third-order valence-electron chi connectivity index (χ3n) is 5.95. The number of hydrogen-bond acceptors (Lipinski definition) is 7. The highest BCUT2D eigenvalue weighted by Crippen LogP contribution is 2.36. The molecule has 0 aliphatic carbocycles. The van der Waals surface area contributed by atoms with E-state index >= 15 is 0 Å². The predicted molar refractivity (Wildman–Crippen MR) is 114 cm³/mol. The topological polar surface area (TPSA) is 113 Å². The van der Waals surface area contributed by atoms with Crippen LogP contribution in [0.15, 0.2) is 30.6 Å². The molecule has 156 valence electrons. The molecule has 3 aromatic rings. The smallest absolute Gasteiger partial charge is 0.222 e. The fourth-order valence-corrected chi connectivity index (χ4v) is 4.35. The maximum absolute atomic E-state index is 11.9. The lowest BCUT2D eigenvalue weighted by atomic mass is 9.96. The number of H-pyrrole nitrogens is 1. The molecule has 9 nitrogen and oxygen atoms in total. The lowest BCUT2D eigenvalue weighted by Crippen LogP contribution is -2.41. The van der Waals surface area contributed by atoms with Crippen LogP contribution in [0.1, 0.15) is 12.8 Å². The summed E-state index contributed by atoms with van der Waals surface area (Å²) in [5.74, 6) is 0.532. The van der Waals surface area contributed by atoms with Crippen LogP contribution in [0.4, 0.5) is 11.5 Å². The van der Waals surface area contributed by atoms with Crippen LogP contribution in [-0.2, 0) is 9.53 Å². The number of nitrogens with one attached hydrogen (secondary N) is 1. The summed E-state index contributed by atoms with van der Waals surface area (Å²) in [7, 11) is 0. The number of ether oxygens (including phenoxy) is 1. The van der Waals surface area contributed by atoms with Crippen LogP contribution in [0.25, 0.3) is 22.3 Å². The molecule has 0 radical (unpaired) electrons. The Balaban J connectivity index is 1.66. The van der Waals surface area contributed by atoms with Crippen LogP contribution >= 0.6 is 0 Å². The minimum atomic E-state index is -0.230. The number of nitrogens with zero attached hydrogens (tertiary/aromatic N) is 5. The van der Waals surface area contributed by atoms with Crippen molar-refractivity contribution >= 4 is 28.3 Å². The average Bonchev–Trinajstić information content (AvgIpc) is 3.33. The zero-order chi connectivity index (χ0) is 20.5. The van der Waals surface area contributed by atoms with E-state index in [2.05, 4.69) is 31.0 Å². The highest BCUT2D eigenvalue weighted by molar-refractivity contribution is 6.00. The molecule has 5 heterocycles. The minimum absolute atomic E-state index is 0.136. The standard InChI is InChI=1S/C21H25N7O2/c22-21(29)14-2-1-7-28(13-14)17-12-18(27-8-10-30-11-9-27)25-19-15(17)3-5-23-20(19)16-4-6-24-26-16/h3-6,12,14H,1-2,7-11,13H2,(H2,22,29)(H,24,26). The lowest BCUT2D eigenvalue weighted by molar-refractivity contribution is -0.122. The van der Waals surface area contributed by atoms with Gasteiger partial charge in [-0.05, 0) is 25.0 Å². The highest BCUT2D eigenvalue weighted by Gasteiger charge is 2.27. The first-order chi connectivity index (χ1) is 14.7. The van der Waals surface area contributed by atoms with Gasteiger partial charge in [0.2, 0.25) is 5.91 Å². The Morgan fingerprint density at radius 2 is 2.03 bits per heavy atom. The Hall–Kier alpha value is -3.20. The fourth-order valence-electron chi connectivity index (χ4n) is 4.35. The van der Waals surface area contributed by atoms with Gasteiger partial charge in [0, 0.05) is 55.7 Å². The maximum Gasteiger partial charge on any atom is 0.222 e. The summed E-state index contributed by atoms with van der Waals surface area (Å²) in [6, 6.07) is 6.02. The number of aromatic nitrogens is 4. The Kier molecular flexibility index (Phi) is 4.96. The average molecular weight is 407 g/mol. The number of anilines is 2. The molecule has 0 aromatic carbocycles. The monoisotopic (exact) mass is 407 g/mol. The first-order valence-electron chi connectivity index (χ1n) is 10.4. The highest BCUT2D eigenvalue weighted by atomic mass is 16.5. The number of carbonyl (C=O) groups is 1. The van der Waals surface area contributed by atoms with Crippen LogP contribution in [0.5, 0.6) is 0 Å². The van der Waals surface area contributed by atoms with Gasteiger partial charge in [-0.25, -0.2) is 4.98 Å². The van der Waals surface area contributed by atoms with Crippen molar-refractivity contribution in [3.8, 4) is 11.4 Å². The van der Waals surface area contributed by atoms with Gasteiger partial charge in [0.15, 0.2) is 0 Å². The van der Waals surface area contributed by atoms with Crippen LogP contribution in [0, 0.1) is 5.92 Å². The molecule has 5 rings (SSSR count). The molecule has 0 spiro atoms. The van der Waals surface area contributed by atoms with Gasteiger partial charge in [0.25, 0.3) is 0 Å². The number of aromatic amines is 1. The zero-order valence-electron chi connectivity index (χ0n) is 16.8. The van der Waals surface area contributed by atoms with Crippen molar-refractivity contribution in [2.75, 3.05) is 49.2 Å². The molecule has 0 bridgehead atoms. The van der Waals surface area contributed by atoms with Gasteiger partial charge < -0.3 is 20.3 Å². The molecule has 1 unspecified atom stereocenters. The number of hydrogen-bond donors (Lipinski definition) is 2. The van der Waals surface area contributed by atoms with Crippen molar-refractivity contribution in [3.63, 3.8) is 0 Å². The second-order valence-corrected chi connectivity index (χ2v) is 7.81. The van der Waals surface area contributed by atoms with E-state index in [1.165, 1.54) is 0 Å². The minimum Gasteiger partial charge on any atom is -0.378 e. The third-order valence-corrected chi connectivity index (χ3v) is 5.95. The number of piperidine rings is 1. The van der Waals surface area contributed by atoms with E-state index in [1.807, 2.05) is 12.1 Å². The predicted octanol–water partition coefficient (Wildman–Crippen LogP) is 1.56. The summed E-state index contributed by atoms with van der Waals surface area (Å²) in [6.45, 7) is 4.46. The Morgan fingerprint density at radius 3 is 2.80 bits per heavy atom. The Labute approximate surface area is 174 Å². The van der Waals surface area contributed by atoms with Gasteiger partial charge in [-0.1, -0.05) is 0 Å². The molecule has 3 aromatic heterocycles. The van der Waals surface area contributed by atoms with E-state index in [0.717, 1.165) is 66.3 Å². The maximum atomic E-state index is 11.9. The van der Waals surface area contributed by atoms with Gasteiger partial charge >= 0.3 is 0 Å². The SMILES string of the molecule is NC(=O)C1CCCN(c2cc(N3CCOCC3)nc3c(-c4ccn[nH]4)nccc23)C1. The van der Waals surface area contributed by atoms with Gasteiger partial charge in [0.05, 0.1) is 24.8 Å². The van der Waals surface area contributed by atoms with E-state index in [4.69, 9.17) is 15.5 Å². The first kappa shape index (κ1) is 18.8. The van der Waals surface area contributed by atoms with Crippen molar-refractivity contribution in [2.24, 2.45) is 11.7 Å². The van der Waals surface area contributed by atoms with Crippen molar-refractivity contribution in [1.29, 1.82) is 0 Å². The molecule has 0 saturated carbocycles. The van der Waals surface area contributed by atoms with E-state index < -0.39 is 0 Å². The number of primary amides is 1. The molecular formula is C21H25N7O2. The van der Waals surface area contributed by atoms with Gasteiger partial charge in [-0.15, -0.1) is 0 Å².